The van der Waals surface area contributed by atoms with Crippen LogP contribution in [0.1, 0.15) is 23.0 Å². The number of carbonyl (C=O) groups excluding carboxylic acids is 2. The summed E-state index contributed by atoms with van der Waals surface area (Å²) in [5.74, 6) is -0.916. The molecule has 25 heavy (non-hydrogen) atoms. The molecule has 3 aromatic rings. The maximum Gasteiger partial charge on any atom is 0.375 e. The fourth-order valence-electron chi connectivity index (χ4n) is 2.73. The molecule has 1 N–H and O–H groups in total. The van der Waals surface area contributed by atoms with Gasteiger partial charge in [0, 0.05) is 22.9 Å². The van der Waals surface area contributed by atoms with Crippen molar-refractivity contribution in [3.63, 3.8) is 0 Å². The number of nitrogens with one attached hydrogen (secondary N) is 1. The molecule has 0 spiro atoms. The lowest BCUT2D eigenvalue weighted by molar-refractivity contribution is -0.128. The Labute approximate surface area is 145 Å². The zero-order valence-corrected chi connectivity index (χ0v) is 14.2. The number of hydrogen-bond acceptors (Lipinski definition) is 4. The van der Waals surface area contributed by atoms with Crippen molar-refractivity contribution in [3.8, 4) is 0 Å². The maximum absolute atomic E-state index is 12.4. The van der Waals surface area contributed by atoms with Crippen molar-refractivity contribution >= 4 is 33.6 Å². The summed E-state index contributed by atoms with van der Waals surface area (Å²) in [5.41, 5.74) is 1.34. The van der Waals surface area contributed by atoms with E-state index in [9.17, 15) is 9.59 Å². The van der Waals surface area contributed by atoms with Gasteiger partial charge in [-0.1, -0.05) is 42.5 Å². The molecule has 0 fully saturated rings. The topological polar surface area (TPSA) is 68.5 Å². The molecule has 0 bridgehead atoms. The Hall–Kier alpha value is -3.08. The smallest absolute Gasteiger partial charge is 0.375 e. The molecule has 0 aliphatic carbocycles. The van der Waals surface area contributed by atoms with E-state index in [4.69, 9.17) is 9.15 Å². The number of furan rings is 1. The molecule has 0 saturated heterocycles. The summed E-state index contributed by atoms with van der Waals surface area (Å²) < 4.78 is 11.1. The third kappa shape index (κ3) is 3.13. The van der Waals surface area contributed by atoms with E-state index >= 15 is 0 Å². The minimum atomic E-state index is -0.920. The summed E-state index contributed by atoms with van der Waals surface area (Å²) in [4.78, 5) is 24.3. The summed E-state index contributed by atoms with van der Waals surface area (Å²) in [6.07, 6.45) is 0.637. The van der Waals surface area contributed by atoms with Crippen molar-refractivity contribution in [2.24, 2.45) is 0 Å². The second-order valence-electron chi connectivity index (χ2n) is 5.80. The van der Waals surface area contributed by atoms with Crippen LogP contribution in [0.3, 0.4) is 0 Å². The average Bonchev–Trinajstić information content (AvgIpc) is 2.97. The molecule has 1 amide bonds. The lowest BCUT2D eigenvalue weighted by Crippen LogP contribution is -2.35. The lowest BCUT2D eigenvalue weighted by Gasteiger charge is -2.11. The highest BCUT2D eigenvalue weighted by Crippen LogP contribution is 2.32. The van der Waals surface area contributed by atoms with Crippen molar-refractivity contribution in [2.75, 3.05) is 6.54 Å². The molecule has 5 nitrogen and oxygen atoms in total. The van der Waals surface area contributed by atoms with Crippen LogP contribution < -0.4 is 5.32 Å². The molecule has 1 aromatic heterocycles. The van der Waals surface area contributed by atoms with E-state index in [0.29, 0.717) is 17.7 Å². The summed E-state index contributed by atoms with van der Waals surface area (Å²) in [5, 5.41) is 5.40. The molecular formula is C20H19NO4. The summed E-state index contributed by atoms with van der Waals surface area (Å²) in [6, 6.07) is 11.7. The third-order valence-corrected chi connectivity index (χ3v) is 4.09. The van der Waals surface area contributed by atoms with E-state index in [1.165, 1.54) is 6.92 Å². The number of aryl methyl sites for hydroxylation is 1. The van der Waals surface area contributed by atoms with Crippen LogP contribution in [0.4, 0.5) is 0 Å². The van der Waals surface area contributed by atoms with Gasteiger partial charge >= 0.3 is 5.97 Å². The molecule has 0 aliphatic rings. The van der Waals surface area contributed by atoms with Crippen molar-refractivity contribution in [1.82, 2.24) is 5.32 Å². The second kappa shape index (κ2) is 6.81. The Bertz CT molecular complexity index is 970. The Kier molecular flexibility index (Phi) is 4.57. The van der Waals surface area contributed by atoms with Gasteiger partial charge < -0.3 is 14.5 Å². The van der Waals surface area contributed by atoms with Crippen molar-refractivity contribution < 1.29 is 18.7 Å². The Morgan fingerprint density at radius 2 is 2.00 bits per heavy atom. The molecule has 0 radical (unpaired) electrons. The predicted octanol–water partition coefficient (Wildman–Crippen LogP) is 3.74. The number of rotatable bonds is 5. The molecule has 1 atom stereocenters. The number of amides is 1. The minimum Gasteiger partial charge on any atom is -0.448 e. The SMILES string of the molecule is C=CCNC(=O)[C@@H](C)OC(=O)c1oc2c(ccc3ccccc32)c1C. The van der Waals surface area contributed by atoms with E-state index in [1.807, 2.05) is 36.4 Å². The van der Waals surface area contributed by atoms with Crippen LogP contribution in [0.2, 0.25) is 0 Å². The number of ether oxygens (including phenoxy) is 1. The van der Waals surface area contributed by atoms with Crippen LogP contribution in [0.15, 0.2) is 53.5 Å². The first-order valence-corrected chi connectivity index (χ1v) is 8.03. The van der Waals surface area contributed by atoms with Gasteiger partial charge in [0.15, 0.2) is 6.10 Å². The van der Waals surface area contributed by atoms with Crippen LogP contribution in [-0.4, -0.2) is 24.5 Å². The van der Waals surface area contributed by atoms with Crippen LogP contribution in [-0.2, 0) is 9.53 Å². The zero-order chi connectivity index (χ0) is 18.0. The van der Waals surface area contributed by atoms with E-state index in [-0.39, 0.29) is 11.7 Å². The van der Waals surface area contributed by atoms with Gasteiger partial charge in [0.05, 0.1) is 0 Å². The summed E-state index contributed by atoms with van der Waals surface area (Å²) in [7, 11) is 0. The number of benzene rings is 2. The van der Waals surface area contributed by atoms with Gasteiger partial charge in [-0.25, -0.2) is 4.79 Å². The highest BCUT2D eigenvalue weighted by atomic mass is 16.6. The van der Waals surface area contributed by atoms with E-state index in [2.05, 4.69) is 11.9 Å². The molecule has 2 aromatic carbocycles. The molecule has 5 heteroatoms. The quantitative estimate of drug-likeness (QED) is 0.569. The largest absolute Gasteiger partial charge is 0.448 e. The highest BCUT2D eigenvalue weighted by molar-refractivity contribution is 6.08. The molecule has 0 unspecified atom stereocenters. The van der Waals surface area contributed by atoms with Crippen LogP contribution in [0.25, 0.3) is 21.7 Å². The van der Waals surface area contributed by atoms with E-state index < -0.39 is 12.1 Å². The number of hydrogen-bond donors (Lipinski definition) is 1. The van der Waals surface area contributed by atoms with Crippen LogP contribution >= 0.6 is 0 Å². The molecule has 3 rings (SSSR count). The van der Waals surface area contributed by atoms with Crippen LogP contribution in [0.5, 0.6) is 0 Å². The standard InChI is InChI=1S/C20H19NO4/c1-4-11-21-19(22)13(3)24-20(23)17-12(2)15-10-9-14-7-5-6-8-16(14)18(15)25-17/h4-10,13H,1,11H2,2-3H3,(H,21,22)/t13-/m1/s1. The molecule has 0 aliphatic heterocycles. The Morgan fingerprint density at radius 1 is 1.24 bits per heavy atom. The summed E-state index contributed by atoms with van der Waals surface area (Å²) >= 11 is 0. The monoisotopic (exact) mass is 337 g/mol. The number of fused-ring (bicyclic) bond motifs is 3. The predicted molar refractivity (Wildman–Crippen MR) is 96.5 cm³/mol. The van der Waals surface area contributed by atoms with Gasteiger partial charge in [0.1, 0.15) is 5.58 Å². The van der Waals surface area contributed by atoms with Gasteiger partial charge in [-0.15, -0.1) is 6.58 Å². The van der Waals surface area contributed by atoms with Crippen LogP contribution in [0, 0.1) is 6.92 Å². The fourth-order valence-corrected chi connectivity index (χ4v) is 2.73. The summed E-state index contributed by atoms with van der Waals surface area (Å²) in [6.45, 7) is 7.16. The zero-order valence-electron chi connectivity index (χ0n) is 14.2. The van der Waals surface area contributed by atoms with Gasteiger partial charge in [-0.05, 0) is 19.2 Å². The number of carbonyl (C=O) groups is 2. The Balaban J connectivity index is 1.91. The first-order chi connectivity index (χ1) is 12.0. The second-order valence-corrected chi connectivity index (χ2v) is 5.80. The Morgan fingerprint density at radius 3 is 2.76 bits per heavy atom. The fraction of sp³-hybridized carbons (Fsp3) is 0.200. The molecule has 1 heterocycles. The van der Waals surface area contributed by atoms with Crippen molar-refractivity contribution in [1.29, 1.82) is 0 Å². The first-order valence-electron chi connectivity index (χ1n) is 8.03. The minimum absolute atomic E-state index is 0.120. The highest BCUT2D eigenvalue weighted by Gasteiger charge is 2.24. The van der Waals surface area contributed by atoms with Gasteiger partial charge in [-0.3, -0.25) is 4.79 Å². The van der Waals surface area contributed by atoms with Gasteiger partial charge in [0.2, 0.25) is 5.76 Å². The normalized spacial score (nSPS) is 12.1. The molecular weight excluding hydrogens is 318 g/mol. The molecule has 0 saturated carbocycles. The number of esters is 1. The van der Waals surface area contributed by atoms with Crippen molar-refractivity contribution in [2.45, 2.75) is 20.0 Å². The molecule has 128 valence electrons. The first kappa shape index (κ1) is 16.8. The van der Waals surface area contributed by atoms with E-state index in [0.717, 1.165) is 16.2 Å². The van der Waals surface area contributed by atoms with Gasteiger partial charge in [0.25, 0.3) is 5.91 Å². The lowest BCUT2D eigenvalue weighted by atomic mass is 10.1. The average molecular weight is 337 g/mol. The van der Waals surface area contributed by atoms with Crippen molar-refractivity contribution in [3.05, 3.63) is 60.4 Å². The maximum atomic E-state index is 12.4. The third-order valence-electron chi connectivity index (χ3n) is 4.09. The van der Waals surface area contributed by atoms with Gasteiger partial charge in [-0.2, -0.15) is 0 Å². The van der Waals surface area contributed by atoms with E-state index in [1.54, 1.807) is 13.0 Å².